The van der Waals surface area contributed by atoms with Crippen molar-refractivity contribution in [2.45, 2.75) is 69.9 Å². The summed E-state index contributed by atoms with van der Waals surface area (Å²) in [5.41, 5.74) is 5.67. The summed E-state index contributed by atoms with van der Waals surface area (Å²) >= 11 is 6.56. The van der Waals surface area contributed by atoms with E-state index in [0.29, 0.717) is 53.3 Å². The van der Waals surface area contributed by atoms with Gasteiger partial charge in [-0.25, -0.2) is 13.4 Å². The van der Waals surface area contributed by atoms with Crippen LogP contribution >= 0.6 is 11.6 Å². The van der Waals surface area contributed by atoms with E-state index in [1.54, 1.807) is 25.3 Å². The Morgan fingerprint density at radius 2 is 1.60 bits per heavy atom. The molecule has 0 aliphatic carbocycles. The molecule has 4 aliphatic heterocycles. The van der Waals surface area contributed by atoms with E-state index >= 15 is 0 Å². The summed E-state index contributed by atoms with van der Waals surface area (Å²) in [6.07, 6.45) is 10.5. The van der Waals surface area contributed by atoms with Gasteiger partial charge in [-0.3, -0.25) is 34.0 Å². The van der Waals surface area contributed by atoms with Crippen LogP contribution in [0.3, 0.4) is 0 Å². The Kier molecular flexibility index (Phi) is 15.7. The fourth-order valence-electron chi connectivity index (χ4n) is 9.62. The standard InChI is InChI=1S/C48H64ClN11O7S/c1-6-32-27-41(53-48-51-31-38(49)46(55-48)52-40-11-8-36(65-3)28-43(40)56(2)68(5,63)64)44(66-4)29-42(32)60-17-13-33(14-18-60)59-23-21-57(22-24-59)25-26-67-35-15-19-58(20-16-35)34-7-10-39(50-30-34)37-9-12-45(61)54-47(37)62/h7-8,10-11,27-31,33,35,37H,6,9,12-26H2,1-5H3,(H,54,61,62)(H2,51,52,53,55). The third kappa shape index (κ3) is 11.7. The zero-order valence-electron chi connectivity index (χ0n) is 39.7. The van der Waals surface area contributed by atoms with Crippen molar-refractivity contribution in [2.24, 2.45) is 0 Å². The maximum atomic E-state index is 12.5. The number of sulfonamides is 1. The Morgan fingerprint density at radius 1 is 0.853 bits per heavy atom. The van der Waals surface area contributed by atoms with Crippen LogP contribution in [0.15, 0.2) is 54.9 Å². The largest absolute Gasteiger partial charge is 0.497 e. The van der Waals surface area contributed by atoms with Crippen LogP contribution in [-0.2, 0) is 30.8 Å². The molecule has 4 aromatic rings. The van der Waals surface area contributed by atoms with Crippen LogP contribution in [0.5, 0.6) is 11.5 Å². The van der Waals surface area contributed by atoms with Crippen LogP contribution in [0.25, 0.3) is 0 Å². The van der Waals surface area contributed by atoms with Gasteiger partial charge in [0.15, 0.2) is 5.82 Å². The number of aryl methyl sites for hydroxylation is 1. The second-order valence-corrected chi connectivity index (χ2v) is 20.3. The number of hydrogen-bond acceptors (Lipinski definition) is 16. The number of piperazine rings is 1. The Morgan fingerprint density at radius 3 is 2.26 bits per heavy atom. The average molecular weight is 975 g/mol. The fraction of sp³-hybridized carbons (Fsp3) is 0.521. The highest BCUT2D eigenvalue weighted by molar-refractivity contribution is 7.92. The molecule has 2 aromatic carbocycles. The second kappa shape index (κ2) is 21.9. The van der Waals surface area contributed by atoms with E-state index in [1.165, 1.54) is 31.6 Å². The zero-order valence-corrected chi connectivity index (χ0v) is 41.2. The highest BCUT2D eigenvalue weighted by Gasteiger charge is 2.31. The van der Waals surface area contributed by atoms with Crippen LogP contribution in [0.2, 0.25) is 5.02 Å². The van der Waals surface area contributed by atoms with Gasteiger partial charge in [-0.1, -0.05) is 18.5 Å². The van der Waals surface area contributed by atoms with E-state index in [4.69, 9.17) is 25.8 Å². The number of ether oxygens (including phenoxy) is 3. The van der Waals surface area contributed by atoms with Gasteiger partial charge in [0.2, 0.25) is 27.8 Å². The van der Waals surface area contributed by atoms with Crippen LogP contribution in [0.1, 0.15) is 62.6 Å². The van der Waals surface area contributed by atoms with Gasteiger partial charge >= 0.3 is 0 Å². The lowest BCUT2D eigenvalue weighted by Crippen LogP contribution is -2.53. The van der Waals surface area contributed by atoms with E-state index in [9.17, 15) is 18.0 Å². The van der Waals surface area contributed by atoms with Gasteiger partial charge in [-0.2, -0.15) is 4.98 Å². The number of hydrogen-bond donors (Lipinski definition) is 3. The average Bonchev–Trinajstić information content (AvgIpc) is 3.35. The van der Waals surface area contributed by atoms with E-state index in [1.807, 2.05) is 18.3 Å². The van der Waals surface area contributed by atoms with Crippen LogP contribution < -0.4 is 39.5 Å². The molecule has 4 fully saturated rings. The normalized spacial score (nSPS) is 19.2. The second-order valence-electron chi connectivity index (χ2n) is 17.9. The SMILES string of the molecule is CCc1cc(Nc2ncc(Cl)c(Nc3ccc(OC)cc3N(C)S(C)(=O)=O)n2)c(OC)cc1N1CCC(N2CCN(CCOC3CCN(c4ccc(C5CCC(=O)NC5=O)nc4)CC3)CC2)CC1. The Hall–Kier alpha value is -5.47. The quantitative estimate of drug-likeness (QED) is 0.108. The van der Waals surface area contributed by atoms with E-state index in [2.05, 4.69) is 69.6 Å². The molecule has 1 atom stereocenters. The van der Waals surface area contributed by atoms with Crippen molar-refractivity contribution in [3.05, 3.63) is 71.1 Å². The lowest BCUT2D eigenvalue weighted by Gasteiger charge is -2.43. The number of nitrogens with zero attached hydrogens (tertiary/aromatic N) is 8. The molecule has 20 heteroatoms. The lowest BCUT2D eigenvalue weighted by molar-refractivity contribution is -0.134. The van der Waals surface area contributed by atoms with Crippen LogP contribution in [-0.4, -0.2) is 150 Å². The Labute approximate surface area is 404 Å². The minimum atomic E-state index is -3.58. The molecule has 0 spiro atoms. The molecule has 8 rings (SSSR count). The first-order chi connectivity index (χ1) is 32.8. The van der Waals surface area contributed by atoms with Gasteiger partial charge in [-0.15, -0.1) is 0 Å². The van der Waals surface area contributed by atoms with Gasteiger partial charge in [0, 0.05) is 96.2 Å². The monoisotopic (exact) mass is 973 g/mol. The highest BCUT2D eigenvalue weighted by Crippen LogP contribution is 2.39. The predicted molar refractivity (Wildman–Crippen MR) is 266 cm³/mol. The smallest absolute Gasteiger partial charge is 0.235 e. The summed E-state index contributed by atoms with van der Waals surface area (Å²) in [5, 5.41) is 9.20. The predicted octanol–water partition coefficient (Wildman–Crippen LogP) is 5.78. The minimum absolute atomic E-state index is 0.213. The number of piperidine rings is 3. The van der Waals surface area contributed by atoms with Crippen molar-refractivity contribution >= 4 is 73.6 Å². The number of benzene rings is 2. The van der Waals surface area contributed by atoms with Gasteiger partial charge in [-0.05, 0) is 74.4 Å². The number of rotatable bonds is 17. The zero-order chi connectivity index (χ0) is 48.0. The Balaban J connectivity index is 0.785. The molecule has 68 heavy (non-hydrogen) atoms. The molecule has 0 radical (unpaired) electrons. The molecule has 2 amide bonds. The summed E-state index contributed by atoms with van der Waals surface area (Å²) in [6, 6.07) is 13.8. The number of carbonyl (C=O) groups is 2. The van der Waals surface area contributed by atoms with Crippen LogP contribution in [0, 0.1) is 0 Å². The van der Waals surface area contributed by atoms with Gasteiger partial charge in [0.1, 0.15) is 16.5 Å². The number of halogens is 1. The molecule has 366 valence electrons. The molecule has 6 heterocycles. The molecule has 1 unspecified atom stereocenters. The Bertz CT molecular complexity index is 2510. The van der Waals surface area contributed by atoms with Gasteiger partial charge in [0.25, 0.3) is 0 Å². The maximum absolute atomic E-state index is 12.5. The number of methoxy groups -OCH3 is 2. The molecule has 0 saturated carbocycles. The third-order valence-electron chi connectivity index (χ3n) is 13.7. The molecule has 4 saturated heterocycles. The number of pyridine rings is 1. The topological polar surface area (TPSA) is 187 Å². The molecular formula is C48H64ClN11O7S. The minimum Gasteiger partial charge on any atom is -0.497 e. The van der Waals surface area contributed by atoms with Gasteiger partial charge < -0.3 is 34.6 Å². The van der Waals surface area contributed by atoms with Gasteiger partial charge in [0.05, 0.1) is 79.9 Å². The molecule has 0 bridgehead atoms. The highest BCUT2D eigenvalue weighted by atomic mass is 35.5. The summed E-state index contributed by atoms with van der Waals surface area (Å²) in [4.78, 5) is 47.5. The summed E-state index contributed by atoms with van der Waals surface area (Å²) in [5.74, 6) is 0.905. The number of amides is 2. The number of imide groups is 1. The number of anilines is 7. The number of aromatic nitrogens is 3. The third-order valence-corrected chi connectivity index (χ3v) is 15.2. The number of nitrogens with one attached hydrogen (secondary N) is 3. The van der Waals surface area contributed by atoms with Crippen molar-refractivity contribution in [2.75, 3.05) is 118 Å². The first kappa shape index (κ1) is 49.0. The van der Waals surface area contributed by atoms with E-state index in [-0.39, 0.29) is 34.8 Å². The molecular weight excluding hydrogens is 910 g/mol. The summed E-state index contributed by atoms with van der Waals surface area (Å²) < 4.78 is 43.8. The van der Waals surface area contributed by atoms with Crippen molar-refractivity contribution in [3.63, 3.8) is 0 Å². The maximum Gasteiger partial charge on any atom is 0.235 e. The summed E-state index contributed by atoms with van der Waals surface area (Å²) in [6.45, 7) is 11.8. The van der Waals surface area contributed by atoms with Crippen LogP contribution in [0.4, 0.5) is 40.2 Å². The molecule has 18 nitrogen and oxygen atoms in total. The van der Waals surface area contributed by atoms with Crippen molar-refractivity contribution < 1.29 is 32.2 Å². The molecule has 3 N–H and O–H groups in total. The van der Waals surface area contributed by atoms with Crippen molar-refractivity contribution in [3.8, 4) is 11.5 Å². The molecule has 4 aliphatic rings. The summed E-state index contributed by atoms with van der Waals surface area (Å²) in [7, 11) is 1.06. The van der Waals surface area contributed by atoms with E-state index in [0.717, 1.165) is 120 Å². The van der Waals surface area contributed by atoms with Crippen molar-refractivity contribution in [1.82, 2.24) is 30.1 Å². The van der Waals surface area contributed by atoms with E-state index < -0.39 is 10.0 Å². The first-order valence-electron chi connectivity index (χ1n) is 23.6. The van der Waals surface area contributed by atoms with Crippen molar-refractivity contribution in [1.29, 1.82) is 0 Å². The first-order valence-corrected chi connectivity index (χ1v) is 25.8. The molecule has 2 aromatic heterocycles. The number of carbonyl (C=O) groups excluding carboxylic acids is 2. The fourth-order valence-corrected chi connectivity index (χ4v) is 10.3. The lowest BCUT2D eigenvalue weighted by atomic mass is 9.94.